The Morgan fingerprint density at radius 3 is 2.75 bits per heavy atom. The van der Waals surface area contributed by atoms with Gasteiger partial charge in [-0.05, 0) is 27.0 Å². The molecule has 0 N–H and O–H groups in total. The van der Waals surface area contributed by atoms with Crippen molar-refractivity contribution in [1.82, 2.24) is 9.55 Å². The number of hydrogen-bond acceptors (Lipinski definition) is 2. The van der Waals surface area contributed by atoms with Gasteiger partial charge in [-0.2, -0.15) is 11.8 Å². The molecule has 0 saturated heterocycles. The first kappa shape index (κ1) is 9.65. The van der Waals surface area contributed by atoms with Crippen LogP contribution in [0, 0.1) is 6.92 Å². The lowest BCUT2D eigenvalue weighted by Crippen LogP contribution is -2.06. The summed E-state index contributed by atoms with van der Waals surface area (Å²) < 4.78 is 2.29. The van der Waals surface area contributed by atoms with Gasteiger partial charge in [-0.25, -0.2) is 4.98 Å². The molecule has 0 aromatic carbocycles. The molecule has 0 amide bonds. The first-order valence-corrected chi connectivity index (χ1v) is 5.57. The second-order valence-corrected chi connectivity index (χ2v) is 4.06. The molecule has 68 valence electrons. The molecule has 12 heavy (non-hydrogen) atoms. The van der Waals surface area contributed by atoms with Crippen molar-refractivity contribution in [2.75, 3.05) is 6.26 Å². The molecule has 1 aromatic rings. The van der Waals surface area contributed by atoms with E-state index in [2.05, 4.69) is 36.6 Å². The van der Waals surface area contributed by atoms with Crippen molar-refractivity contribution in [3.63, 3.8) is 0 Å². The van der Waals surface area contributed by atoms with E-state index in [1.54, 1.807) is 0 Å². The van der Waals surface area contributed by atoms with Gasteiger partial charge < -0.3 is 4.57 Å². The molecule has 0 fully saturated rings. The Bertz CT molecular complexity index is 253. The van der Waals surface area contributed by atoms with E-state index in [1.807, 2.05) is 18.0 Å². The minimum atomic E-state index is 0.523. The molecule has 3 heteroatoms. The van der Waals surface area contributed by atoms with E-state index in [-0.39, 0.29) is 0 Å². The Morgan fingerprint density at radius 2 is 2.25 bits per heavy atom. The van der Waals surface area contributed by atoms with Gasteiger partial charge in [0.1, 0.15) is 5.82 Å². The molecule has 1 rings (SSSR count). The number of thioether (sulfide) groups is 1. The SMILES string of the molecule is CSCc1cnc(C)n1C(C)C. The van der Waals surface area contributed by atoms with Crippen LogP contribution in [0.5, 0.6) is 0 Å². The van der Waals surface area contributed by atoms with Crippen LogP contribution in [0.1, 0.15) is 31.4 Å². The van der Waals surface area contributed by atoms with E-state index >= 15 is 0 Å². The molecule has 0 radical (unpaired) electrons. The Balaban J connectivity index is 2.95. The van der Waals surface area contributed by atoms with E-state index in [1.165, 1.54) is 5.69 Å². The summed E-state index contributed by atoms with van der Waals surface area (Å²) >= 11 is 1.84. The minimum absolute atomic E-state index is 0.523. The van der Waals surface area contributed by atoms with Crippen LogP contribution in [-0.2, 0) is 5.75 Å². The van der Waals surface area contributed by atoms with Gasteiger partial charge in [-0.3, -0.25) is 0 Å². The Morgan fingerprint density at radius 1 is 1.58 bits per heavy atom. The van der Waals surface area contributed by atoms with Gasteiger partial charge in [0.05, 0.1) is 0 Å². The Hall–Kier alpha value is -0.440. The quantitative estimate of drug-likeness (QED) is 0.718. The third-order valence-corrected chi connectivity index (χ3v) is 2.45. The third-order valence-electron chi connectivity index (χ3n) is 1.87. The molecule has 0 saturated carbocycles. The molecule has 0 spiro atoms. The van der Waals surface area contributed by atoms with Crippen molar-refractivity contribution in [3.8, 4) is 0 Å². The average Bonchev–Trinajstić information content (AvgIpc) is 2.32. The predicted octanol–water partition coefficient (Wildman–Crippen LogP) is 2.64. The van der Waals surface area contributed by atoms with Crippen molar-refractivity contribution >= 4 is 11.8 Å². The summed E-state index contributed by atoms with van der Waals surface area (Å²) in [5.41, 5.74) is 1.33. The van der Waals surface area contributed by atoms with Gasteiger partial charge in [0, 0.05) is 23.7 Å². The lowest BCUT2D eigenvalue weighted by Gasteiger charge is -2.13. The topological polar surface area (TPSA) is 17.8 Å². The summed E-state index contributed by atoms with van der Waals surface area (Å²) in [5, 5.41) is 0. The monoisotopic (exact) mass is 184 g/mol. The molecular weight excluding hydrogens is 168 g/mol. The number of imidazole rings is 1. The summed E-state index contributed by atoms with van der Waals surface area (Å²) in [6.07, 6.45) is 4.10. The largest absolute Gasteiger partial charge is 0.329 e. The molecule has 0 bridgehead atoms. The highest BCUT2D eigenvalue weighted by Crippen LogP contribution is 2.16. The highest BCUT2D eigenvalue weighted by Gasteiger charge is 2.07. The highest BCUT2D eigenvalue weighted by atomic mass is 32.2. The van der Waals surface area contributed by atoms with Crippen molar-refractivity contribution in [3.05, 3.63) is 17.7 Å². The zero-order valence-electron chi connectivity index (χ0n) is 8.16. The first-order valence-electron chi connectivity index (χ1n) is 4.18. The second-order valence-electron chi connectivity index (χ2n) is 3.19. The van der Waals surface area contributed by atoms with E-state index in [4.69, 9.17) is 0 Å². The molecule has 0 aliphatic heterocycles. The van der Waals surface area contributed by atoms with E-state index in [0.29, 0.717) is 6.04 Å². The molecule has 0 aliphatic carbocycles. The third kappa shape index (κ3) is 1.83. The average molecular weight is 184 g/mol. The fraction of sp³-hybridized carbons (Fsp3) is 0.667. The van der Waals surface area contributed by atoms with Crippen LogP contribution < -0.4 is 0 Å². The normalized spacial score (nSPS) is 11.1. The van der Waals surface area contributed by atoms with Crippen molar-refractivity contribution in [2.24, 2.45) is 0 Å². The number of nitrogens with zero attached hydrogens (tertiary/aromatic N) is 2. The summed E-state index contributed by atoms with van der Waals surface area (Å²) in [6, 6.07) is 0.523. The fourth-order valence-electron chi connectivity index (χ4n) is 1.46. The number of hydrogen-bond donors (Lipinski definition) is 0. The van der Waals surface area contributed by atoms with Crippen LogP contribution in [0.2, 0.25) is 0 Å². The van der Waals surface area contributed by atoms with Crippen molar-refractivity contribution < 1.29 is 0 Å². The summed E-state index contributed by atoms with van der Waals surface area (Å²) in [7, 11) is 0. The predicted molar refractivity (Wildman–Crippen MR) is 54.6 cm³/mol. The summed E-state index contributed by atoms with van der Waals surface area (Å²) in [5.74, 6) is 2.17. The van der Waals surface area contributed by atoms with Crippen LogP contribution in [0.4, 0.5) is 0 Å². The molecule has 0 aliphatic rings. The van der Waals surface area contributed by atoms with Crippen LogP contribution >= 0.6 is 11.8 Å². The maximum absolute atomic E-state index is 4.31. The van der Waals surface area contributed by atoms with Crippen LogP contribution in [0.15, 0.2) is 6.20 Å². The summed E-state index contributed by atoms with van der Waals surface area (Å²) in [6.45, 7) is 6.45. The van der Waals surface area contributed by atoms with Crippen LogP contribution in [0.25, 0.3) is 0 Å². The van der Waals surface area contributed by atoms with E-state index in [0.717, 1.165) is 11.6 Å². The number of aryl methyl sites for hydroxylation is 1. The van der Waals surface area contributed by atoms with Gasteiger partial charge in [0.25, 0.3) is 0 Å². The lowest BCUT2D eigenvalue weighted by atomic mass is 10.3. The molecule has 0 atom stereocenters. The lowest BCUT2D eigenvalue weighted by molar-refractivity contribution is 0.567. The zero-order valence-corrected chi connectivity index (χ0v) is 8.98. The molecule has 1 aromatic heterocycles. The Kier molecular flexibility index (Phi) is 3.20. The van der Waals surface area contributed by atoms with Gasteiger partial charge in [0.15, 0.2) is 0 Å². The molecule has 1 heterocycles. The standard InChI is InChI=1S/C9H16N2S/c1-7(2)11-8(3)10-5-9(11)6-12-4/h5,7H,6H2,1-4H3. The van der Waals surface area contributed by atoms with Crippen molar-refractivity contribution in [2.45, 2.75) is 32.6 Å². The van der Waals surface area contributed by atoms with Crippen LogP contribution in [-0.4, -0.2) is 15.8 Å². The smallest absolute Gasteiger partial charge is 0.105 e. The van der Waals surface area contributed by atoms with Crippen molar-refractivity contribution in [1.29, 1.82) is 0 Å². The molecule has 2 nitrogen and oxygen atoms in total. The first-order chi connectivity index (χ1) is 5.66. The van der Waals surface area contributed by atoms with Gasteiger partial charge >= 0.3 is 0 Å². The maximum Gasteiger partial charge on any atom is 0.105 e. The van der Waals surface area contributed by atoms with E-state index < -0.39 is 0 Å². The maximum atomic E-state index is 4.31. The van der Waals surface area contributed by atoms with E-state index in [9.17, 15) is 0 Å². The number of aromatic nitrogens is 2. The zero-order chi connectivity index (χ0) is 9.14. The number of rotatable bonds is 3. The highest BCUT2D eigenvalue weighted by molar-refractivity contribution is 7.97. The van der Waals surface area contributed by atoms with Gasteiger partial charge in [-0.15, -0.1) is 0 Å². The second kappa shape index (κ2) is 3.99. The summed E-state index contributed by atoms with van der Waals surface area (Å²) in [4.78, 5) is 4.31. The van der Waals surface area contributed by atoms with Gasteiger partial charge in [-0.1, -0.05) is 0 Å². The van der Waals surface area contributed by atoms with Crippen LogP contribution in [0.3, 0.4) is 0 Å². The van der Waals surface area contributed by atoms with Gasteiger partial charge in [0.2, 0.25) is 0 Å². The fourth-order valence-corrected chi connectivity index (χ4v) is 1.97. The minimum Gasteiger partial charge on any atom is -0.329 e. The molecular formula is C9H16N2S. The molecule has 0 unspecified atom stereocenters. The Labute approximate surface area is 78.4 Å².